The van der Waals surface area contributed by atoms with Crippen LogP contribution in [0, 0.1) is 0 Å². The molecule has 0 radical (unpaired) electrons. The minimum atomic E-state index is -0.545. The number of aliphatic imine (C=N–C) groups is 3. The molecule has 4 aliphatic heterocycles. The summed E-state index contributed by atoms with van der Waals surface area (Å²) in [7, 11) is 2.62. The first-order valence-electron chi connectivity index (χ1n) is 8.69. The Hall–Kier alpha value is -2.77. The second-order valence-electron chi connectivity index (χ2n) is 7.01. The molecule has 0 aliphatic carbocycles. The number of carbonyl (C=O) groups is 2. The monoisotopic (exact) mass is 354 g/mol. The van der Waals surface area contributed by atoms with Crippen LogP contribution >= 0.6 is 0 Å². The first-order chi connectivity index (χ1) is 12.6. The van der Waals surface area contributed by atoms with Crippen LogP contribution in [-0.4, -0.2) is 66.4 Å². The molecule has 4 aliphatic rings. The van der Waals surface area contributed by atoms with Crippen molar-refractivity contribution in [1.82, 2.24) is 4.98 Å². The van der Waals surface area contributed by atoms with Gasteiger partial charge < -0.3 is 14.5 Å². The van der Waals surface area contributed by atoms with Crippen molar-refractivity contribution in [2.75, 3.05) is 14.2 Å². The number of aromatic nitrogens is 1. The molecule has 8 heteroatoms. The van der Waals surface area contributed by atoms with Crippen LogP contribution in [0.5, 0.6) is 0 Å². The Morgan fingerprint density at radius 2 is 1.31 bits per heavy atom. The standard InChI is InChI=1S/C18H18N4O4/c1-25-17(23)15-13-5-11-9(20-11)3-7-8(19-7)4-10-12(21-10)6-14(22-13)16(15)18(24)26-2/h7,10-11,22H,3-6H2,1-2H3. The Balaban J connectivity index is 1.55. The average molecular weight is 354 g/mol. The number of hydrogen-bond acceptors (Lipinski definition) is 7. The summed E-state index contributed by atoms with van der Waals surface area (Å²) in [5.74, 6) is -1.09. The van der Waals surface area contributed by atoms with Crippen LogP contribution in [0.2, 0.25) is 0 Å². The van der Waals surface area contributed by atoms with E-state index in [1.54, 1.807) is 0 Å². The third-order valence-electron chi connectivity index (χ3n) is 5.41. The van der Waals surface area contributed by atoms with Crippen LogP contribution in [-0.2, 0) is 22.3 Å². The molecular formula is C18H18N4O4. The molecule has 5 heterocycles. The van der Waals surface area contributed by atoms with E-state index in [1.807, 2.05) is 0 Å². The zero-order valence-electron chi connectivity index (χ0n) is 14.5. The highest BCUT2D eigenvalue weighted by Gasteiger charge is 2.42. The Morgan fingerprint density at radius 3 is 1.92 bits per heavy atom. The summed E-state index contributed by atoms with van der Waals surface area (Å²) in [6.45, 7) is 0. The maximum atomic E-state index is 12.4. The molecule has 0 spiro atoms. The van der Waals surface area contributed by atoms with Gasteiger partial charge in [-0.3, -0.25) is 15.0 Å². The fourth-order valence-corrected chi connectivity index (χ4v) is 3.84. The van der Waals surface area contributed by atoms with Crippen molar-refractivity contribution < 1.29 is 19.1 Å². The summed E-state index contributed by atoms with van der Waals surface area (Å²) >= 11 is 0. The summed E-state index contributed by atoms with van der Waals surface area (Å²) in [6.07, 6.45) is 2.74. The molecule has 0 saturated carbocycles. The minimum Gasteiger partial charge on any atom is -0.465 e. The molecule has 1 aromatic rings. The van der Waals surface area contributed by atoms with Crippen molar-refractivity contribution in [1.29, 1.82) is 0 Å². The molecule has 134 valence electrons. The predicted octanol–water partition coefficient (Wildman–Crippen LogP) is 0.936. The van der Waals surface area contributed by atoms with Gasteiger partial charge in [0, 0.05) is 54.2 Å². The zero-order valence-corrected chi connectivity index (χ0v) is 14.5. The van der Waals surface area contributed by atoms with E-state index in [0.717, 1.165) is 24.3 Å². The second kappa shape index (κ2) is 5.36. The number of methoxy groups -OCH3 is 2. The number of nitrogens with zero attached hydrogens (tertiary/aromatic N) is 3. The van der Waals surface area contributed by atoms with Crippen LogP contribution in [0.25, 0.3) is 0 Å². The van der Waals surface area contributed by atoms with Gasteiger partial charge in [0.05, 0.1) is 43.5 Å². The van der Waals surface area contributed by atoms with Crippen LogP contribution < -0.4 is 0 Å². The van der Waals surface area contributed by atoms with E-state index in [0.29, 0.717) is 30.3 Å². The normalized spacial score (nSPS) is 27.6. The lowest BCUT2D eigenvalue weighted by atomic mass is 10.00. The Morgan fingerprint density at radius 1 is 0.808 bits per heavy atom. The largest absolute Gasteiger partial charge is 0.465 e. The fraction of sp³-hybridized carbons (Fsp3) is 0.500. The third kappa shape index (κ3) is 2.48. The molecular weight excluding hydrogens is 336 g/mol. The van der Waals surface area contributed by atoms with Crippen molar-refractivity contribution >= 4 is 29.1 Å². The molecule has 0 aromatic carbocycles. The lowest BCUT2D eigenvalue weighted by molar-refractivity contribution is 0.0555. The molecule has 0 fully saturated rings. The van der Waals surface area contributed by atoms with E-state index in [1.165, 1.54) is 19.9 Å². The third-order valence-corrected chi connectivity index (χ3v) is 5.41. The number of rotatable bonds is 2. The number of fused-ring (bicyclic) bond motifs is 5. The summed E-state index contributed by atoms with van der Waals surface area (Å²) in [6, 6.07) is 0.524. The molecule has 8 nitrogen and oxygen atoms in total. The van der Waals surface area contributed by atoms with Gasteiger partial charge in [0.2, 0.25) is 0 Å². The quantitative estimate of drug-likeness (QED) is 0.798. The smallest absolute Gasteiger partial charge is 0.340 e. The van der Waals surface area contributed by atoms with Crippen molar-refractivity contribution in [2.24, 2.45) is 15.0 Å². The molecule has 1 aromatic heterocycles. The van der Waals surface area contributed by atoms with E-state index in [9.17, 15) is 9.59 Å². The van der Waals surface area contributed by atoms with Gasteiger partial charge in [-0.15, -0.1) is 0 Å². The average Bonchev–Trinajstić information content (AvgIpc) is 3.56. The van der Waals surface area contributed by atoms with Gasteiger partial charge in [-0.05, 0) is 0 Å². The van der Waals surface area contributed by atoms with Gasteiger partial charge in [-0.1, -0.05) is 0 Å². The van der Waals surface area contributed by atoms with Crippen LogP contribution in [0.15, 0.2) is 15.0 Å². The van der Waals surface area contributed by atoms with E-state index in [2.05, 4.69) is 20.0 Å². The fourth-order valence-electron chi connectivity index (χ4n) is 3.84. The number of carbonyl (C=O) groups excluding carboxylic acids is 2. The van der Waals surface area contributed by atoms with Crippen LogP contribution in [0.3, 0.4) is 0 Å². The number of H-pyrrole nitrogens is 1. The minimum absolute atomic E-state index is 0.0695. The molecule has 2 bridgehead atoms. The van der Waals surface area contributed by atoms with Crippen molar-refractivity contribution in [3.05, 3.63) is 22.5 Å². The van der Waals surface area contributed by atoms with E-state index in [-0.39, 0.29) is 23.2 Å². The highest BCUT2D eigenvalue weighted by atomic mass is 16.5. The molecule has 5 rings (SSSR count). The Bertz CT molecular complexity index is 939. The topological polar surface area (TPSA) is 105 Å². The van der Waals surface area contributed by atoms with Gasteiger partial charge in [0.1, 0.15) is 0 Å². The first-order valence-corrected chi connectivity index (χ1v) is 8.69. The highest BCUT2D eigenvalue weighted by molar-refractivity contribution is 6.14. The second-order valence-corrected chi connectivity index (χ2v) is 7.01. The molecule has 3 atom stereocenters. The van der Waals surface area contributed by atoms with E-state index < -0.39 is 11.9 Å². The van der Waals surface area contributed by atoms with Gasteiger partial charge in [0.25, 0.3) is 0 Å². The van der Waals surface area contributed by atoms with Gasteiger partial charge in [-0.25, -0.2) is 9.59 Å². The molecule has 0 saturated heterocycles. The number of ether oxygens (including phenoxy) is 2. The lowest BCUT2D eigenvalue weighted by Gasteiger charge is -2.05. The summed E-state index contributed by atoms with van der Waals surface area (Å²) in [5, 5.41) is 0. The van der Waals surface area contributed by atoms with Crippen LogP contribution in [0.4, 0.5) is 0 Å². The van der Waals surface area contributed by atoms with Gasteiger partial charge in [-0.2, -0.15) is 0 Å². The number of nitrogens with one attached hydrogen (secondary N) is 1. The highest BCUT2D eigenvalue weighted by Crippen LogP contribution is 2.34. The molecule has 26 heavy (non-hydrogen) atoms. The zero-order chi connectivity index (χ0) is 18.0. The maximum absolute atomic E-state index is 12.4. The number of esters is 2. The summed E-state index contributed by atoms with van der Waals surface area (Å²) in [5.41, 5.74) is 5.20. The van der Waals surface area contributed by atoms with Crippen molar-refractivity contribution in [3.8, 4) is 0 Å². The molecule has 0 amide bonds. The molecule has 3 unspecified atom stereocenters. The first kappa shape index (κ1) is 15.5. The van der Waals surface area contributed by atoms with Crippen LogP contribution in [0.1, 0.15) is 44.9 Å². The van der Waals surface area contributed by atoms with Gasteiger partial charge in [0.15, 0.2) is 0 Å². The molecule has 1 N–H and O–H groups in total. The van der Waals surface area contributed by atoms with E-state index >= 15 is 0 Å². The number of aromatic amines is 1. The Labute approximate surface area is 149 Å². The number of hydrogen-bond donors (Lipinski definition) is 1. The maximum Gasteiger partial charge on any atom is 0.340 e. The Kier molecular flexibility index (Phi) is 3.19. The predicted molar refractivity (Wildman–Crippen MR) is 93.8 cm³/mol. The van der Waals surface area contributed by atoms with Crippen molar-refractivity contribution in [2.45, 2.75) is 43.8 Å². The van der Waals surface area contributed by atoms with Gasteiger partial charge >= 0.3 is 11.9 Å². The lowest BCUT2D eigenvalue weighted by Crippen LogP contribution is -2.16. The SMILES string of the molecule is COC(=O)c1c2[nH]c(c1C(=O)OC)CC1N=C1CC1N=C1CC1N=C1C2. The summed E-state index contributed by atoms with van der Waals surface area (Å²) < 4.78 is 9.85. The van der Waals surface area contributed by atoms with E-state index in [4.69, 9.17) is 9.47 Å². The van der Waals surface area contributed by atoms with Crippen molar-refractivity contribution in [3.63, 3.8) is 0 Å². The summed E-state index contributed by atoms with van der Waals surface area (Å²) in [4.78, 5) is 41.6.